The fourth-order valence-corrected chi connectivity index (χ4v) is 0.966. The summed E-state index contributed by atoms with van der Waals surface area (Å²) in [6.07, 6.45) is 2.06. The molecule has 0 heterocycles. The van der Waals surface area contributed by atoms with Crippen molar-refractivity contribution >= 4 is 11.3 Å². The maximum atomic E-state index is 6.78. The van der Waals surface area contributed by atoms with Crippen molar-refractivity contribution in [1.82, 2.24) is 0 Å². The molecule has 0 unspecified atom stereocenters. The first-order chi connectivity index (χ1) is 5.77. The molecule has 0 aliphatic heterocycles. The standard InChI is InChI=1S/C11H11N/c1-4-9(2)10-5-7-11(12-3)8-6-10/h4-8H,1-2H3. The SMILES string of the molecule is [C-]#[N+]c1ccc(C(C)=CC)cc1. The summed E-state index contributed by atoms with van der Waals surface area (Å²) >= 11 is 0. The summed E-state index contributed by atoms with van der Waals surface area (Å²) in [6.45, 7) is 10.9. The average molecular weight is 157 g/mol. The molecule has 0 N–H and O–H groups in total. The Morgan fingerprint density at radius 1 is 1.33 bits per heavy atom. The first-order valence-electron chi connectivity index (χ1n) is 3.88. The molecule has 0 saturated heterocycles. The summed E-state index contributed by atoms with van der Waals surface area (Å²) in [5.41, 5.74) is 3.12. The van der Waals surface area contributed by atoms with E-state index in [0.29, 0.717) is 5.69 Å². The van der Waals surface area contributed by atoms with E-state index in [1.807, 2.05) is 31.2 Å². The van der Waals surface area contributed by atoms with E-state index in [4.69, 9.17) is 6.57 Å². The number of hydrogen-bond donors (Lipinski definition) is 0. The van der Waals surface area contributed by atoms with Crippen molar-refractivity contribution in [3.05, 3.63) is 47.3 Å². The van der Waals surface area contributed by atoms with Crippen molar-refractivity contribution in [3.8, 4) is 0 Å². The smallest absolute Gasteiger partial charge is 0.187 e. The second-order valence-electron chi connectivity index (χ2n) is 2.63. The van der Waals surface area contributed by atoms with Gasteiger partial charge in [-0.1, -0.05) is 30.3 Å². The Hall–Kier alpha value is -1.55. The Labute approximate surface area is 73.2 Å². The van der Waals surface area contributed by atoms with Crippen LogP contribution >= 0.6 is 0 Å². The van der Waals surface area contributed by atoms with Crippen LogP contribution in [0.3, 0.4) is 0 Å². The minimum Gasteiger partial charge on any atom is -0.238 e. The Balaban J connectivity index is 3.02. The van der Waals surface area contributed by atoms with Gasteiger partial charge in [-0.25, -0.2) is 4.85 Å². The summed E-state index contributed by atoms with van der Waals surface area (Å²) in [7, 11) is 0. The zero-order valence-corrected chi connectivity index (χ0v) is 7.33. The number of allylic oxidation sites excluding steroid dienone is 2. The Morgan fingerprint density at radius 2 is 1.92 bits per heavy atom. The van der Waals surface area contributed by atoms with Gasteiger partial charge in [0.05, 0.1) is 6.57 Å². The monoisotopic (exact) mass is 157 g/mol. The van der Waals surface area contributed by atoms with Crippen molar-refractivity contribution in [2.75, 3.05) is 0 Å². The molecule has 60 valence electrons. The normalized spacial score (nSPS) is 10.9. The predicted molar refractivity (Wildman–Crippen MR) is 52.0 cm³/mol. The topological polar surface area (TPSA) is 4.36 Å². The molecule has 1 heteroatoms. The van der Waals surface area contributed by atoms with Crippen molar-refractivity contribution in [3.63, 3.8) is 0 Å². The molecule has 1 aromatic carbocycles. The molecule has 1 nitrogen and oxygen atoms in total. The molecule has 0 aliphatic carbocycles. The third-order valence-electron chi connectivity index (χ3n) is 1.88. The molecule has 1 aromatic rings. The summed E-state index contributed by atoms with van der Waals surface area (Å²) < 4.78 is 0. The molecule has 12 heavy (non-hydrogen) atoms. The molecular weight excluding hydrogens is 146 g/mol. The second kappa shape index (κ2) is 3.73. The maximum absolute atomic E-state index is 6.78. The highest BCUT2D eigenvalue weighted by Gasteiger charge is 1.93. The molecule has 0 aliphatic rings. The number of rotatable bonds is 1. The fraction of sp³-hybridized carbons (Fsp3) is 0.182. The number of hydrogen-bond acceptors (Lipinski definition) is 0. The van der Waals surface area contributed by atoms with Crippen LogP contribution in [-0.2, 0) is 0 Å². The van der Waals surface area contributed by atoms with Gasteiger partial charge in [-0.2, -0.15) is 0 Å². The molecule has 0 aromatic heterocycles. The van der Waals surface area contributed by atoms with Crippen LogP contribution in [0, 0.1) is 6.57 Å². The Morgan fingerprint density at radius 3 is 2.33 bits per heavy atom. The Kier molecular flexibility index (Phi) is 2.66. The van der Waals surface area contributed by atoms with Gasteiger partial charge in [0.1, 0.15) is 0 Å². The third kappa shape index (κ3) is 1.73. The maximum Gasteiger partial charge on any atom is 0.187 e. The highest BCUT2D eigenvalue weighted by atomic mass is 14.6. The van der Waals surface area contributed by atoms with Gasteiger partial charge >= 0.3 is 0 Å². The highest BCUT2D eigenvalue weighted by Crippen LogP contribution is 2.18. The van der Waals surface area contributed by atoms with Gasteiger partial charge in [-0.3, -0.25) is 0 Å². The number of benzene rings is 1. The van der Waals surface area contributed by atoms with E-state index < -0.39 is 0 Å². The van der Waals surface area contributed by atoms with E-state index in [2.05, 4.69) is 17.8 Å². The first-order valence-corrected chi connectivity index (χ1v) is 3.88. The Bertz CT molecular complexity index is 325. The van der Waals surface area contributed by atoms with Crippen LogP contribution in [0.25, 0.3) is 10.4 Å². The average Bonchev–Trinajstić information content (AvgIpc) is 2.17. The zero-order chi connectivity index (χ0) is 8.97. The largest absolute Gasteiger partial charge is 0.238 e. The van der Waals surface area contributed by atoms with Gasteiger partial charge in [-0.15, -0.1) is 0 Å². The minimum atomic E-state index is 0.697. The lowest BCUT2D eigenvalue weighted by Crippen LogP contribution is -1.76. The summed E-state index contributed by atoms with van der Waals surface area (Å²) in [4.78, 5) is 3.33. The summed E-state index contributed by atoms with van der Waals surface area (Å²) in [5.74, 6) is 0. The lowest BCUT2D eigenvalue weighted by atomic mass is 10.1. The van der Waals surface area contributed by atoms with Crippen LogP contribution in [0.4, 0.5) is 5.69 Å². The lowest BCUT2D eigenvalue weighted by molar-refractivity contribution is 1.55. The molecule has 0 atom stereocenters. The molecule has 1 rings (SSSR count). The van der Waals surface area contributed by atoms with Crippen LogP contribution in [-0.4, -0.2) is 0 Å². The quantitative estimate of drug-likeness (QED) is 0.548. The fourth-order valence-electron chi connectivity index (χ4n) is 0.966. The van der Waals surface area contributed by atoms with Crippen LogP contribution in [0.5, 0.6) is 0 Å². The van der Waals surface area contributed by atoms with Crippen LogP contribution in [0.15, 0.2) is 30.3 Å². The second-order valence-corrected chi connectivity index (χ2v) is 2.63. The van der Waals surface area contributed by atoms with Gasteiger partial charge in [-0.05, 0) is 25.0 Å². The molecule has 0 bridgehead atoms. The van der Waals surface area contributed by atoms with E-state index >= 15 is 0 Å². The molecular formula is C11H11N. The van der Waals surface area contributed by atoms with Crippen molar-refractivity contribution in [2.24, 2.45) is 0 Å². The van der Waals surface area contributed by atoms with Crippen molar-refractivity contribution in [2.45, 2.75) is 13.8 Å². The van der Waals surface area contributed by atoms with E-state index in [0.717, 1.165) is 0 Å². The molecule has 0 radical (unpaired) electrons. The van der Waals surface area contributed by atoms with Gasteiger partial charge in [0, 0.05) is 0 Å². The van der Waals surface area contributed by atoms with Crippen LogP contribution in [0.2, 0.25) is 0 Å². The van der Waals surface area contributed by atoms with Gasteiger partial charge in [0.25, 0.3) is 0 Å². The van der Waals surface area contributed by atoms with Crippen LogP contribution < -0.4 is 0 Å². The van der Waals surface area contributed by atoms with E-state index in [1.54, 1.807) is 0 Å². The first kappa shape index (κ1) is 8.55. The molecule has 0 spiro atoms. The summed E-state index contributed by atoms with van der Waals surface area (Å²) in [6, 6.07) is 7.64. The van der Waals surface area contributed by atoms with E-state index in [9.17, 15) is 0 Å². The summed E-state index contributed by atoms with van der Waals surface area (Å²) in [5, 5.41) is 0. The van der Waals surface area contributed by atoms with Gasteiger partial charge in [0.15, 0.2) is 5.69 Å². The predicted octanol–water partition coefficient (Wildman–Crippen LogP) is 3.66. The highest BCUT2D eigenvalue weighted by molar-refractivity contribution is 5.65. The van der Waals surface area contributed by atoms with Gasteiger partial charge < -0.3 is 0 Å². The van der Waals surface area contributed by atoms with E-state index in [1.165, 1.54) is 11.1 Å². The third-order valence-corrected chi connectivity index (χ3v) is 1.88. The minimum absolute atomic E-state index is 0.697. The molecule has 0 amide bonds. The molecule has 0 fully saturated rings. The zero-order valence-electron chi connectivity index (χ0n) is 7.33. The lowest BCUT2D eigenvalue weighted by Gasteiger charge is -1.99. The van der Waals surface area contributed by atoms with Crippen molar-refractivity contribution < 1.29 is 0 Å². The number of nitrogens with zero attached hydrogens (tertiary/aromatic N) is 1. The van der Waals surface area contributed by atoms with E-state index in [-0.39, 0.29) is 0 Å². The van der Waals surface area contributed by atoms with Crippen LogP contribution in [0.1, 0.15) is 19.4 Å². The molecule has 0 saturated carbocycles. The van der Waals surface area contributed by atoms with Crippen molar-refractivity contribution in [1.29, 1.82) is 0 Å². The van der Waals surface area contributed by atoms with Gasteiger partial charge in [0.2, 0.25) is 0 Å².